The number of carboxylic acids is 1. The summed E-state index contributed by atoms with van der Waals surface area (Å²) in [5.41, 5.74) is 2.97. The minimum Gasteiger partial charge on any atom is -0.480 e. The van der Waals surface area contributed by atoms with E-state index in [-0.39, 0.29) is 18.6 Å². The van der Waals surface area contributed by atoms with E-state index in [9.17, 15) is 19.5 Å². The lowest BCUT2D eigenvalue weighted by Crippen LogP contribution is -2.67. The van der Waals surface area contributed by atoms with Crippen LogP contribution >= 0.6 is 0 Å². The fourth-order valence-corrected chi connectivity index (χ4v) is 6.19. The first-order valence-corrected chi connectivity index (χ1v) is 13.9. The molecule has 0 spiro atoms. The van der Waals surface area contributed by atoms with Gasteiger partial charge >= 0.3 is 18.0 Å². The van der Waals surface area contributed by atoms with Crippen LogP contribution in [-0.4, -0.2) is 69.1 Å². The molecule has 3 atom stereocenters. The molecule has 9 heteroatoms. The van der Waals surface area contributed by atoms with Crippen LogP contribution in [0.1, 0.15) is 25.3 Å². The maximum absolute atomic E-state index is 14.2. The monoisotopic (exact) mass is 552 g/mol. The third-order valence-electron chi connectivity index (χ3n) is 8.14. The number of rotatable bonds is 6. The summed E-state index contributed by atoms with van der Waals surface area (Å²) in [6, 6.07) is 23.5. The summed E-state index contributed by atoms with van der Waals surface area (Å²) in [5, 5.41) is 11.4. The lowest BCUT2D eigenvalue weighted by atomic mass is 10.0. The van der Waals surface area contributed by atoms with Gasteiger partial charge in [-0.15, -0.1) is 0 Å². The Kier molecular flexibility index (Phi) is 7.09. The number of hydrogen-bond donors (Lipinski definition) is 1. The van der Waals surface area contributed by atoms with Gasteiger partial charge in [0.2, 0.25) is 0 Å². The second-order valence-corrected chi connectivity index (χ2v) is 10.5. The number of furan rings is 1. The quantitative estimate of drug-likeness (QED) is 0.320. The number of anilines is 2. The highest BCUT2D eigenvalue weighted by molar-refractivity contribution is 6.01. The van der Waals surface area contributed by atoms with Crippen LogP contribution in [0.3, 0.4) is 0 Å². The number of carboxylic acid groups (broad SMARTS) is 1. The summed E-state index contributed by atoms with van der Waals surface area (Å²) in [5.74, 6) is -1.12. The van der Waals surface area contributed by atoms with Crippen molar-refractivity contribution < 1.29 is 23.9 Å². The maximum Gasteiger partial charge on any atom is 0.329 e. The largest absolute Gasteiger partial charge is 0.480 e. The Morgan fingerprint density at radius 3 is 2.22 bits per heavy atom. The van der Waals surface area contributed by atoms with E-state index >= 15 is 0 Å². The van der Waals surface area contributed by atoms with E-state index in [0.29, 0.717) is 37.3 Å². The Hall–Kier alpha value is -4.79. The van der Waals surface area contributed by atoms with E-state index < -0.39 is 24.1 Å². The molecule has 4 amide bonds. The van der Waals surface area contributed by atoms with Crippen molar-refractivity contribution >= 4 is 40.4 Å². The van der Waals surface area contributed by atoms with Gasteiger partial charge in [-0.25, -0.2) is 14.4 Å². The minimum absolute atomic E-state index is 0.143. The number of fused-ring (bicyclic) bond motifs is 3. The van der Waals surface area contributed by atoms with E-state index in [4.69, 9.17) is 4.42 Å². The molecule has 1 aromatic heterocycles. The molecule has 2 fully saturated rings. The summed E-state index contributed by atoms with van der Waals surface area (Å²) < 4.78 is 5.53. The highest BCUT2D eigenvalue weighted by Gasteiger charge is 2.54. The number of likely N-dealkylation sites (tertiary alicyclic amines) is 1. The molecule has 41 heavy (non-hydrogen) atoms. The second-order valence-electron chi connectivity index (χ2n) is 10.5. The molecule has 6 rings (SSSR count). The van der Waals surface area contributed by atoms with E-state index in [1.807, 2.05) is 91.9 Å². The average Bonchev–Trinajstić information content (AvgIpc) is 3.58. The number of hydrogen-bond acceptors (Lipinski definition) is 4. The lowest BCUT2D eigenvalue weighted by Gasteiger charge is -2.47. The van der Waals surface area contributed by atoms with Gasteiger partial charge in [0, 0.05) is 25.0 Å². The van der Waals surface area contributed by atoms with Crippen LogP contribution in [-0.2, 0) is 11.3 Å². The van der Waals surface area contributed by atoms with Gasteiger partial charge in [-0.05, 0) is 61.7 Å². The smallest absolute Gasteiger partial charge is 0.329 e. The van der Waals surface area contributed by atoms with Crippen molar-refractivity contribution in [2.24, 2.45) is 0 Å². The number of aliphatic carboxylic acids is 1. The highest BCUT2D eigenvalue weighted by atomic mass is 16.4. The summed E-state index contributed by atoms with van der Waals surface area (Å²) in [4.78, 5) is 47.4. The van der Waals surface area contributed by atoms with E-state index in [2.05, 4.69) is 0 Å². The molecule has 3 heterocycles. The van der Waals surface area contributed by atoms with Gasteiger partial charge in [0.05, 0.1) is 29.7 Å². The fourth-order valence-electron chi connectivity index (χ4n) is 6.19. The summed E-state index contributed by atoms with van der Waals surface area (Å²) in [6.07, 6.45) is 2.79. The third kappa shape index (κ3) is 4.88. The van der Waals surface area contributed by atoms with Gasteiger partial charge in [0.1, 0.15) is 5.58 Å². The first kappa shape index (κ1) is 26.4. The number of amides is 4. The van der Waals surface area contributed by atoms with Crippen molar-refractivity contribution in [2.45, 2.75) is 44.4 Å². The normalized spacial score (nSPS) is 19.8. The number of para-hydroxylation sites is 2. The van der Waals surface area contributed by atoms with Crippen molar-refractivity contribution in [1.82, 2.24) is 14.7 Å². The Bertz CT molecular complexity index is 1520. The maximum atomic E-state index is 14.2. The Morgan fingerprint density at radius 1 is 0.902 bits per heavy atom. The zero-order chi connectivity index (χ0) is 28.5. The van der Waals surface area contributed by atoms with E-state index in [1.165, 1.54) is 4.90 Å². The lowest BCUT2D eigenvalue weighted by molar-refractivity contribution is -0.145. The minimum atomic E-state index is -1.17. The Labute approximate surface area is 238 Å². The van der Waals surface area contributed by atoms with Gasteiger partial charge < -0.3 is 24.2 Å². The van der Waals surface area contributed by atoms with Crippen LogP contribution in [0.25, 0.3) is 11.0 Å². The number of urea groups is 2. The zero-order valence-corrected chi connectivity index (χ0v) is 22.8. The Morgan fingerprint density at radius 2 is 1.59 bits per heavy atom. The predicted molar refractivity (Wildman–Crippen MR) is 155 cm³/mol. The molecular weight excluding hydrogens is 520 g/mol. The molecule has 2 saturated heterocycles. The molecule has 0 radical (unpaired) electrons. The first-order chi connectivity index (χ1) is 20.0. The highest BCUT2D eigenvalue weighted by Crippen LogP contribution is 2.38. The van der Waals surface area contributed by atoms with Gasteiger partial charge in [-0.1, -0.05) is 48.5 Å². The third-order valence-corrected chi connectivity index (χ3v) is 8.14. The number of piperazine rings is 1. The van der Waals surface area contributed by atoms with E-state index in [1.54, 1.807) is 21.0 Å². The van der Waals surface area contributed by atoms with Crippen LogP contribution in [0.5, 0.6) is 0 Å². The topological polar surface area (TPSA) is 97.5 Å². The Balaban J connectivity index is 1.28. The van der Waals surface area contributed by atoms with Crippen molar-refractivity contribution in [3.8, 4) is 0 Å². The fraction of sp³-hybridized carbons (Fsp3) is 0.281. The van der Waals surface area contributed by atoms with Gasteiger partial charge in [-0.3, -0.25) is 4.90 Å². The summed E-state index contributed by atoms with van der Waals surface area (Å²) in [6.45, 7) is 2.89. The first-order valence-electron chi connectivity index (χ1n) is 13.9. The SMILES string of the molecule is CCN(Cc1ccc2ccoc2c1)C(=O)N1C2CC[C@@H]1[C@@H](C(=O)O)N(C(=O)N(c1ccccc1)c1ccccc1)C2. The van der Waals surface area contributed by atoms with Crippen molar-refractivity contribution in [3.05, 3.63) is 96.8 Å². The van der Waals surface area contributed by atoms with Gasteiger partial charge in [0.15, 0.2) is 6.04 Å². The molecule has 2 bridgehead atoms. The predicted octanol–water partition coefficient (Wildman–Crippen LogP) is 5.93. The summed E-state index contributed by atoms with van der Waals surface area (Å²) in [7, 11) is 0. The molecule has 9 nitrogen and oxygen atoms in total. The average molecular weight is 553 g/mol. The summed E-state index contributed by atoms with van der Waals surface area (Å²) >= 11 is 0. The molecule has 1 N–H and O–H groups in total. The molecular formula is C32H32N4O5. The van der Waals surface area contributed by atoms with Crippen LogP contribution in [0.4, 0.5) is 21.0 Å². The number of benzene rings is 3. The number of carbonyl (C=O) groups is 3. The number of carbonyl (C=O) groups excluding carboxylic acids is 2. The van der Waals surface area contributed by atoms with Crippen LogP contribution in [0.15, 0.2) is 95.6 Å². The molecule has 210 valence electrons. The van der Waals surface area contributed by atoms with Gasteiger partial charge in [-0.2, -0.15) is 0 Å². The molecule has 2 aliphatic rings. The van der Waals surface area contributed by atoms with Crippen molar-refractivity contribution in [1.29, 1.82) is 0 Å². The van der Waals surface area contributed by atoms with Crippen LogP contribution in [0, 0.1) is 0 Å². The molecule has 3 aromatic carbocycles. The number of nitrogens with zero attached hydrogens (tertiary/aromatic N) is 4. The molecule has 4 aromatic rings. The van der Waals surface area contributed by atoms with E-state index in [0.717, 1.165) is 16.5 Å². The van der Waals surface area contributed by atoms with Crippen molar-refractivity contribution in [2.75, 3.05) is 18.0 Å². The molecule has 0 saturated carbocycles. The molecule has 1 unspecified atom stereocenters. The van der Waals surface area contributed by atoms with Crippen LogP contribution < -0.4 is 4.90 Å². The molecule has 2 aliphatic heterocycles. The molecule has 0 aliphatic carbocycles. The second kappa shape index (κ2) is 11.0. The van der Waals surface area contributed by atoms with Crippen LogP contribution in [0.2, 0.25) is 0 Å². The van der Waals surface area contributed by atoms with Gasteiger partial charge in [0.25, 0.3) is 0 Å². The zero-order valence-electron chi connectivity index (χ0n) is 22.8. The van der Waals surface area contributed by atoms with Crippen molar-refractivity contribution in [3.63, 3.8) is 0 Å². The standard InChI is InChI=1S/C32H32N4O5/c1-2-33(20-22-13-14-23-17-18-41-28(23)19-22)31(39)36-26-15-16-27(36)29(30(37)38)34(21-26)32(40)35(24-9-5-3-6-10-24)25-11-7-4-8-12-25/h3-14,17-19,26-27,29H,2,15-16,20-21H2,1H3,(H,37,38)/t26?,27-,29+/m1/s1.